The van der Waals surface area contributed by atoms with Crippen LogP contribution in [0.25, 0.3) is 10.6 Å². The highest BCUT2D eigenvalue weighted by molar-refractivity contribution is 9.08. The van der Waals surface area contributed by atoms with Crippen LogP contribution >= 0.6 is 27.3 Å². The van der Waals surface area contributed by atoms with Gasteiger partial charge in [-0.2, -0.15) is 0 Å². The van der Waals surface area contributed by atoms with Crippen molar-refractivity contribution in [2.45, 2.75) is 32.5 Å². The average Bonchev–Trinajstić information content (AvgIpc) is 2.90. The fourth-order valence-corrected chi connectivity index (χ4v) is 3.89. The smallest absolute Gasteiger partial charge is 0.124 e. The molecule has 0 aliphatic heterocycles. The third-order valence-corrected chi connectivity index (χ3v) is 5.79. The topological polar surface area (TPSA) is 29.0 Å². The SMILES string of the molecule is CCN(CC)CCc1cc(-c2nc(C)c(CBr)s2)ccn1. The van der Waals surface area contributed by atoms with Crippen LogP contribution in [-0.2, 0) is 11.8 Å². The Labute approximate surface area is 139 Å². The van der Waals surface area contributed by atoms with Gasteiger partial charge in [0.1, 0.15) is 5.01 Å². The van der Waals surface area contributed by atoms with Gasteiger partial charge in [-0.1, -0.05) is 29.8 Å². The number of rotatable bonds is 7. The van der Waals surface area contributed by atoms with Gasteiger partial charge in [-0.15, -0.1) is 11.3 Å². The van der Waals surface area contributed by atoms with Gasteiger partial charge in [0.05, 0.1) is 5.69 Å². The van der Waals surface area contributed by atoms with Gasteiger partial charge < -0.3 is 4.90 Å². The number of likely N-dealkylation sites (N-methyl/N-ethyl adjacent to an activating group) is 1. The molecule has 0 bridgehead atoms. The highest BCUT2D eigenvalue weighted by atomic mass is 79.9. The summed E-state index contributed by atoms with van der Waals surface area (Å²) in [6.45, 7) is 9.72. The number of aryl methyl sites for hydroxylation is 1. The zero-order valence-electron chi connectivity index (χ0n) is 12.9. The first-order valence-electron chi connectivity index (χ1n) is 7.37. The Hall–Kier alpha value is -0.780. The van der Waals surface area contributed by atoms with E-state index in [1.165, 1.54) is 10.4 Å². The predicted octanol–water partition coefficient (Wildman–Crippen LogP) is 4.29. The van der Waals surface area contributed by atoms with E-state index >= 15 is 0 Å². The summed E-state index contributed by atoms with van der Waals surface area (Å²) in [5.41, 5.74) is 3.45. The number of alkyl halides is 1. The molecule has 0 N–H and O–H groups in total. The predicted molar refractivity (Wildman–Crippen MR) is 94.2 cm³/mol. The third kappa shape index (κ3) is 4.34. The van der Waals surface area contributed by atoms with Crippen molar-refractivity contribution in [1.82, 2.24) is 14.9 Å². The van der Waals surface area contributed by atoms with Crippen molar-refractivity contribution >= 4 is 27.3 Å². The Morgan fingerprint density at radius 1 is 1.29 bits per heavy atom. The number of nitrogens with zero attached hydrogens (tertiary/aromatic N) is 3. The molecule has 21 heavy (non-hydrogen) atoms. The highest BCUT2D eigenvalue weighted by Crippen LogP contribution is 2.29. The zero-order chi connectivity index (χ0) is 15.2. The van der Waals surface area contributed by atoms with Crippen LogP contribution in [0.15, 0.2) is 18.3 Å². The molecule has 0 spiro atoms. The lowest BCUT2D eigenvalue weighted by atomic mass is 10.2. The lowest BCUT2D eigenvalue weighted by molar-refractivity contribution is 0.307. The van der Waals surface area contributed by atoms with E-state index in [2.05, 4.69) is 63.7 Å². The number of aromatic nitrogens is 2. The Bertz CT molecular complexity index is 579. The minimum atomic E-state index is 0.871. The van der Waals surface area contributed by atoms with Gasteiger partial charge >= 0.3 is 0 Å². The fraction of sp³-hybridized carbons (Fsp3) is 0.500. The molecule has 0 saturated heterocycles. The molecular formula is C16H22BrN3S. The molecule has 0 aliphatic rings. The van der Waals surface area contributed by atoms with Crippen LogP contribution < -0.4 is 0 Å². The fourth-order valence-electron chi connectivity index (χ4n) is 2.24. The van der Waals surface area contributed by atoms with Gasteiger partial charge in [-0.05, 0) is 32.1 Å². The normalized spacial score (nSPS) is 11.3. The molecule has 0 aromatic carbocycles. The Morgan fingerprint density at radius 2 is 2.05 bits per heavy atom. The Kier molecular flexibility index (Phi) is 6.33. The van der Waals surface area contributed by atoms with Crippen molar-refractivity contribution in [1.29, 1.82) is 0 Å². The second kappa shape index (κ2) is 8.01. The number of hydrogen-bond acceptors (Lipinski definition) is 4. The largest absolute Gasteiger partial charge is 0.303 e. The van der Waals surface area contributed by atoms with E-state index < -0.39 is 0 Å². The first-order valence-corrected chi connectivity index (χ1v) is 9.31. The molecule has 2 aromatic heterocycles. The molecule has 0 amide bonds. The van der Waals surface area contributed by atoms with E-state index in [-0.39, 0.29) is 0 Å². The van der Waals surface area contributed by atoms with Gasteiger partial charge in [0, 0.05) is 40.6 Å². The maximum Gasteiger partial charge on any atom is 0.124 e. The number of halogens is 1. The maximum atomic E-state index is 4.67. The maximum absolute atomic E-state index is 4.67. The summed E-state index contributed by atoms with van der Waals surface area (Å²) < 4.78 is 0. The van der Waals surface area contributed by atoms with E-state index in [0.29, 0.717) is 0 Å². The number of hydrogen-bond donors (Lipinski definition) is 0. The lowest BCUT2D eigenvalue weighted by Crippen LogP contribution is -2.25. The van der Waals surface area contributed by atoms with Gasteiger partial charge in [0.2, 0.25) is 0 Å². The summed E-state index contributed by atoms with van der Waals surface area (Å²) in [5.74, 6) is 0. The number of thiazole rings is 1. The molecule has 0 unspecified atom stereocenters. The zero-order valence-corrected chi connectivity index (χ0v) is 15.3. The highest BCUT2D eigenvalue weighted by Gasteiger charge is 2.09. The molecule has 0 fully saturated rings. The van der Waals surface area contributed by atoms with E-state index in [0.717, 1.165) is 47.8 Å². The van der Waals surface area contributed by atoms with Crippen molar-refractivity contribution < 1.29 is 0 Å². The summed E-state index contributed by atoms with van der Waals surface area (Å²) >= 11 is 5.28. The van der Waals surface area contributed by atoms with E-state index in [1.807, 2.05) is 6.20 Å². The van der Waals surface area contributed by atoms with Crippen LogP contribution in [0.4, 0.5) is 0 Å². The molecule has 0 radical (unpaired) electrons. The molecule has 3 nitrogen and oxygen atoms in total. The lowest BCUT2D eigenvalue weighted by Gasteiger charge is -2.17. The molecule has 2 rings (SSSR count). The van der Waals surface area contributed by atoms with Crippen molar-refractivity contribution in [3.05, 3.63) is 34.6 Å². The molecule has 114 valence electrons. The average molecular weight is 368 g/mol. The van der Waals surface area contributed by atoms with Crippen LogP contribution in [0.5, 0.6) is 0 Å². The summed E-state index contributed by atoms with van der Waals surface area (Å²) in [6, 6.07) is 4.23. The van der Waals surface area contributed by atoms with Crippen LogP contribution in [0.2, 0.25) is 0 Å². The van der Waals surface area contributed by atoms with Gasteiger partial charge in [-0.25, -0.2) is 4.98 Å². The Balaban J connectivity index is 2.13. The van der Waals surface area contributed by atoms with Gasteiger partial charge in [0.15, 0.2) is 0 Å². The monoisotopic (exact) mass is 367 g/mol. The molecule has 2 heterocycles. The summed E-state index contributed by atoms with van der Waals surface area (Å²) in [6.07, 6.45) is 2.89. The van der Waals surface area contributed by atoms with Crippen molar-refractivity contribution in [3.8, 4) is 10.6 Å². The van der Waals surface area contributed by atoms with Crippen LogP contribution in [0.3, 0.4) is 0 Å². The summed E-state index contributed by atoms with van der Waals surface area (Å²) in [7, 11) is 0. The van der Waals surface area contributed by atoms with Crippen LogP contribution in [0, 0.1) is 6.92 Å². The third-order valence-electron chi connectivity index (χ3n) is 3.66. The molecule has 2 aromatic rings. The van der Waals surface area contributed by atoms with Crippen LogP contribution in [0.1, 0.15) is 30.1 Å². The minimum absolute atomic E-state index is 0.871. The second-order valence-corrected chi connectivity index (χ2v) is 6.62. The first-order chi connectivity index (χ1) is 10.2. The van der Waals surface area contributed by atoms with Gasteiger partial charge in [-0.3, -0.25) is 4.98 Å². The quantitative estimate of drug-likeness (QED) is 0.683. The minimum Gasteiger partial charge on any atom is -0.303 e. The van der Waals surface area contributed by atoms with Crippen molar-refractivity contribution in [2.75, 3.05) is 19.6 Å². The van der Waals surface area contributed by atoms with E-state index in [1.54, 1.807) is 11.3 Å². The molecular weight excluding hydrogens is 346 g/mol. The molecule has 5 heteroatoms. The molecule has 0 aliphatic carbocycles. The van der Waals surface area contributed by atoms with Crippen molar-refractivity contribution in [3.63, 3.8) is 0 Å². The van der Waals surface area contributed by atoms with E-state index in [9.17, 15) is 0 Å². The number of pyridine rings is 1. The Morgan fingerprint density at radius 3 is 2.67 bits per heavy atom. The van der Waals surface area contributed by atoms with Crippen LogP contribution in [-0.4, -0.2) is 34.5 Å². The molecule has 0 atom stereocenters. The first kappa shape index (κ1) is 16.6. The van der Waals surface area contributed by atoms with Gasteiger partial charge in [0.25, 0.3) is 0 Å². The second-order valence-electron chi connectivity index (χ2n) is 4.97. The van der Waals surface area contributed by atoms with Crippen molar-refractivity contribution in [2.24, 2.45) is 0 Å². The van der Waals surface area contributed by atoms with E-state index in [4.69, 9.17) is 0 Å². The standard InChI is InChI=1S/C16H22BrN3S/c1-4-20(5-2)9-7-14-10-13(6-8-18-14)16-19-12(3)15(11-17)21-16/h6,8,10H,4-5,7,9,11H2,1-3H3. The summed E-state index contributed by atoms with van der Waals surface area (Å²) in [4.78, 5) is 12.9. The summed E-state index contributed by atoms with van der Waals surface area (Å²) in [5, 5.41) is 1.96. The molecule has 0 saturated carbocycles.